The molecular weight excluding hydrogens is 294 g/mol. The third kappa shape index (κ3) is 3.80. The Hall–Kier alpha value is -1.83. The molecule has 0 fully saturated rings. The third-order valence-electron chi connectivity index (χ3n) is 5.69. The van der Waals surface area contributed by atoms with Crippen LogP contribution >= 0.6 is 0 Å². The van der Waals surface area contributed by atoms with Crippen molar-refractivity contribution in [3.05, 3.63) is 57.7 Å². The van der Waals surface area contributed by atoms with Crippen molar-refractivity contribution >= 4 is 5.91 Å². The van der Waals surface area contributed by atoms with Gasteiger partial charge < -0.3 is 4.90 Å². The lowest BCUT2D eigenvalue weighted by molar-refractivity contribution is -0.132. The van der Waals surface area contributed by atoms with E-state index in [0.717, 1.165) is 45.2 Å². The molecule has 0 unspecified atom stereocenters. The fraction of sp³-hybridized carbons (Fsp3) is 0.500. The van der Waals surface area contributed by atoms with Gasteiger partial charge in [-0.05, 0) is 64.0 Å². The van der Waals surface area contributed by atoms with Gasteiger partial charge in [0.15, 0.2) is 0 Å². The molecule has 0 radical (unpaired) electrons. The SMILES string of the molecule is CC1=C(C)CC(CCCC(=O)N2CCc3ccccc3C2)=C(C)C1. The van der Waals surface area contributed by atoms with Crippen LogP contribution in [0.25, 0.3) is 0 Å². The molecule has 0 aromatic heterocycles. The van der Waals surface area contributed by atoms with Crippen molar-refractivity contribution < 1.29 is 4.79 Å². The number of carbonyl (C=O) groups is 1. The number of amides is 1. The molecule has 1 aromatic rings. The Balaban J connectivity index is 1.50. The van der Waals surface area contributed by atoms with E-state index in [4.69, 9.17) is 0 Å². The van der Waals surface area contributed by atoms with Crippen LogP contribution in [0.4, 0.5) is 0 Å². The summed E-state index contributed by atoms with van der Waals surface area (Å²) in [6.07, 6.45) is 5.97. The van der Waals surface area contributed by atoms with Crippen molar-refractivity contribution in [2.24, 2.45) is 0 Å². The maximum absolute atomic E-state index is 12.5. The molecule has 3 rings (SSSR count). The van der Waals surface area contributed by atoms with Crippen molar-refractivity contribution in [1.29, 1.82) is 0 Å². The molecular formula is C22H29NO. The van der Waals surface area contributed by atoms with E-state index in [1.54, 1.807) is 5.57 Å². The Morgan fingerprint density at radius 3 is 2.50 bits per heavy atom. The lowest BCUT2D eigenvalue weighted by Gasteiger charge is -2.29. The summed E-state index contributed by atoms with van der Waals surface area (Å²) in [5.41, 5.74) is 8.86. The second-order valence-electron chi connectivity index (χ2n) is 7.49. The average molecular weight is 323 g/mol. The summed E-state index contributed by atoms with van der Waals surface area (Å²) in [4.78, 5) is 14.6. The normalized spacial score (nSPS) is 18.0. The summed E-state index contributed by atoms with van der Waals surface area (Å²) in [6, 6.07) is 8.51. The van der Waals surface area contributed by atoms with Crippen molar-refractivity contribution in [1.82, 2.24) is 4.90 Å². The lowest BCUT2D eigenvalue weighted by Crippen LogP contribution is -2.35. The van der Waals surface area contributed by atoms with E-state index in [9.17, 15) is 4.79 Å². The van der Waals surface area contributed by atoms with Crippen LogP contribution in [0.15, 0.2) is 46.6 Å². The Morgan fingerprint density at radius 1 is 1.00 bits per heavy atom. The maximum Gasteiger partial charge on any atom is 0.222 e. The van der Waals surface area contributed by atoms with Crippen molar-refractivity contribution in [2.45, 2.75) is 65.8 Å². The van der Waals surface area contributed by atoms with E-state index in [-0.39, 0.29) is 0 Å². The van der Waals surface area contributed by atoms with Crippen LogP contribution in [-0.2, 0) is 17.8 Å². The molecule has 0 spiro atoms. The minimum atomic E-state index is 0.321. The second kappa shape index (κ2) is 7.38. The zero-order valence-corrected chi connectivity index (χ0v) is 15.3. The maximum atomic E-state index is 12.5. The molecule has 2 aliphatic rings. The van der Waals surface area contributed by atoms with Gasteiger partial charge in [-0.15, -0.1) is 0 Å². The molecule has 128 valence electrons. The molecule has 2 heteroatoms. The van der Waals surface area contributed by atoms with Gasteiger partial charge in [0.25, 0.3) is 0 Å². The Bertz CT molecular complexity index is 696. The van der Waals surface area contributed by atoms with E-state index in [1.807, 2.05) is 4.90 Å². The summed E-state index contributed by atoms with van der Waals surface area (Å²) >= 11 is 0. The van der Waals surface area contributed by atoms with E-state index in [1.165, 1.54) is 27.8 Å². The number of fused-ring (bicyclic) bond motifs is 1. The van der Waals surface area contributed by atoms with Gasteiger partial charge in [-0.1, -0.05) is 46.6 Å². The van der Waals surface area contributed by atoms with Crippen LogP contribution in [0.2, 0.25) is 0 Å². The Morgan fingerprint density at radius 2 is 1.71 bits per heavy atom. The molecule has 0 N–H and O–H groups in total. The third-order valence-corrected chi connectivity index (χ3v) is 5.69. The molecule has 0 saturated carbocycles. The predicted molar refractivity (Wildman–Crippen MR) is 99.7 cm³/mol. The highest BCUT2D eigenvalue weighted by atomic mass is 16.2. The smallest absolute Gasteiger partial charge is 0.222 e. The quantitative estimate of drug-likeness (QED) is 0.698. The van der Waals surface area contributed by atoms with Gasteiger partial charge in [-0.2, -0.15) is 0 Å². The van der Waals surface area contributed by atoms with Gasteiger partial charge in [0.2, 0.25) is 5.91 Å². The molecule has 1 amide bonds. The summed E-state index contributed by atoms with van der Waals surface area (Å²) in [7, 11) is 0. The number of benzene rings is 1. The van der Waals surface area contributed by atoms with Crippen LogP contribution in [0, 0.1) is 0 Å². The highest BCUT2D eigenvalue weighted by molar-refractivity contribution is 5.76. The van der Waals surface area contributed by atoms with E-state index in [0.29, 0.717) is 12.3 Å². The van der Waals surface area contributed by atoms with Crippen LogP contribution in [0.5, 0.6) is 0 Å². The summed E-state index contributed by atoms with van der Waals surface area (Å²) in [5.74, 6) is 0.321. The molecule has 1 aliphatic carbocycles. The molecule has 0 saturated heterocycles. The van der Waals surface area contributed by atoms with Gasteiger partial charge in [-0.25, -0.2) is 0 Å². The minimum Gasteiger partial charge on any atom is -0.338 e. The first-order chi connectivity index (χ1) is 11.5. The Labute approximate surface area is 146 Å². The molecule has 1 aromatic carbocycles. The van der Waals surface area contributed by atoms with Crippen molar-refractivity contribution in [3.63, 3.8) is 0 Å². The summed E-state index contributed by atoms with van der Waals surface area (Å²) in [5, 5.41) is 0. The largest absolute Gasteiger partial charge is 0.338 e. The molecule has 1 aliphatic heterocycles. The molecule has 1 heterocycles. The van der Waals surface area contributed by atoms with Crippen molar-refractivity contribution in [3.8, 4) is 0 Å². The molecule has 2 nitrogen and oxygen atoms in total. The number of rotatable bonds is 4. The van der Waals surface area contributed by atoms with Crippen LogP contribution in [-0.4, -0.2) is 17.4 Å². The predicted octanol–water partition coefficient (Wildman–Crippen LogP) is 5.19. The average Bonchev–Trinajstić information content (AvgIpc) is 2.58. The number of nitrogens with zero attached hydrogens (tertiary/aromatic N) is 1. The monoisotopic (exact) mass is 323 g/mol. The van der Waals surface area contributed by atoms with Crippen LogP contribution in [0.1, 0.15) is 64.0 Å². The van der Waals surface area contributed by atoms with E-state index < -0.39 is 0 Å². The molecule has 24 heavy (non-hydrogen) atoms. The standard InChI is InChI=1S/C22H29NO/c1-16-13-18(3)20(14-17(16)2)9-6-10-22(24)23-12-11-19-7-4-5-8-21(19)15-23/h4-5,7-8H,6,9-15H2,1-3H3. The van der Waals surface area contributed by atoms with Gasteiger partial charge in [0.05, 0.1) is 0 Å². The van der Waals surface area contributed by atoms with Gasteiger partial charge in [0.1, 0.15) is 0 Å². The van der Waals surface area contributed by atoms with E-state index in [2.05, 4.69) is 45.0 Å². The zero-order valence-electron chi connectivity index (χ0n) is 15.3. The molecule has 0 bridgehead atoms. The lowest BCUT2D eigenvalue weighted by atomic mass is 9.86. The van der Waals surface area contributed by atoms with Gasteiger partial charge >= 0.3 is 0 Å². The fourth-order valence-electron chi connectivity index (χ4n) is 3.92. The number of carbonyl (C=O) groups excluding carboxylic acids is 1. The first-order valence-electron chi connectivity index (χ1n) is 9.22. The highest BCUT2D eigenvalue weighted by Gasteiger charge is 2.20. The fourth-order valence-corrected chi connectivity index (χ4v) is 3.92. The van der Waals surface area contributed by atoms with E-state index >= 15 is 0 Å². The van der Waals surface area contributed by atoms with Gasteiger partial charge in [-0.3, -0.25) is 4.79 Å². The van der Waals surface area contributed by atoms with Crippen LogP contribution in [0.3, 0.4) is 0 Å². The topological polar surface area (TPSA) is 20.3 Å². The summed E-state index contributed by atoms with van der Waals surface area (Å²) < 4.78 is 0. The number of hydrogen-bond donors (Lipinski definition) is 0. The van der Waals surface area contributed by atoms with Gasteiger partial charge in [0, 0.05) is 19.5 Å². The number of hydrogen-bond acceptors (Lipinski definition) is 1. The minimum absolute atomic E-state index is 0.321. The number of allylic oxidation sites excluding steroid dienone is 4. The Kier molecular flexibility index (Phi) is 5.23. The summed E-state index contributed by atoms with van der Waals surface area (Å²) in [6.45, 7) is 8.41. The first-order valence-corrected chi connectivity index (χ1v) is 9.22. The molecule has 0 atom stereocenters. The second-order valence-corrected chi connectivity index (χ2v) is 7.49. The van der Waals surface area contributed by atoms with Crippen LogP contribution < -0.4 is 0 Å². The highest BCUT2D eigenvalue weighted by Crippen LogP contribution is 2.32. The zero-order chi connectivity index (χ0) is 17.1. The van der Waals surface area contributed by atoms with Crippen molar-refractivity contribution in [2.75, 3.05) is 6.54 Å². The first kappa shape index (κ1) is 17.0.